The number of nitrogens with zero attached hydrogens (tertiary/aromatic N) is 2. The molecule has 1 atom stereocenters. The van der Waals surface area contributed by atoms with Gasteiger partial charge in [0.2, 0.25) is 0 Å². The Balaban J connectivity index is 2.90. The Morgan fingerprint density at radius 2 is 2.17 bits per heavy atom. The van der Waals surface area contributed by atoms with E-state index < -0.39 is 0 Å². The SMILES string of the molecule is CCC(N)=NCC(c1cccc(OC)c1)N(C)C. The zero-order valence-corrected chi connectivity index (χ0v) is 11.7. The van der Waals surface area contributed by atoms with Crippen molar-refractivity contribution in [2.45, 2.75) is 19.4 Å². The Bertz CT molecular complexity index is 402. The molecule has 4 nitrogen and oxygen atoms in total. The van der Waals surface area contributed by atoms with Crippen LogP contribution in [-0.4, -0.2) is 38.5 Å². The first-order valence-corrected chi connectivity index (χ1v) is 6.17. The standard InChI is InChI=1S/C14H23N3O/c1-5-14(15)16-10-13(17(2)3)11-7-6-8-12(9-11)18-4/h6-9,13H,5,10H2,1-4H3,(H2,15,16). The molecule has 0 aliphatic heterocycles. The quantitative estimate of drug-likeness (QED) is 0.620. The van der Waals surface area contributed by atoms with Gasteiger partial charge in [0.05, 0.1) is 25.5 Å². The van der Waals surface area contributed by atoms with E-state index in [0.717, 1.165) is 12.2 Å². The van der Waals surface area contributed by atoms with Gasteiger partial charge in [0.25, 0.3) is 0 Å². The van der Waals surface area contributed by atoms with Gasteiger partial charge in [-0.15, -0.1) is 0 Å². The highest BCUT2D eigenvalue weighted by molar-refractivity contribution is 5.79. The third kappa shape index (κ3) is 4.04. The van der Waals surface area contributed by atoms with Crippen LogP contribution in [0.3, 0.4) is 0 Å². The lowest BCUT2D eigenvalue weighted by Crippen LogP contribution is -2.24. The van der Waals surface area contributed by atoms with E-state index >= 15 is 0 Å². The molecule has 0 heterocycles. The molecule has 0 fully saturated rings. The van der Waals surface area contributed by atoms with Crippen molar-refractivity contribution in [2.24, 2.45) is 10.7 Å². The van der Waals surface area contributed by atoms with Crippen LogP contribution in [0.4, 0.5) is 0 Å². The van der Waals surface area contributed by atoms with E-state index in [9.17, 15) is 0 Å². The lowest BCUT2D eigenvalue weighted by molar-refractivity contribution is 0.305. The Morgan fingerprint density at radius 1 is 1.44 bits per heavy atom. The number of hydrogen-bond acceptors (Lipinski definition) is 3. The van der Waals surface area contributed by atoms with Crippen molar-refractivity contribution in [1.82, 2.24) is 4.90 Å². The maximum Gasteiger partial charge on any atom is 0.119 e. The first-order chi connectivity index (χ1) is 8.58. The van der Waals surface area contributed by atoms with Crippen LogP contribution in [0.1, 0.15) is 24.9 Å². The summed E-state index contributed by atoms with van der Waals surface area (Å²) in [5.41, 5.74) is 6.95. The number of ether oxygens (including phenoxy) is 1. The minimum atomic E-state index is 0.213. The molecular weight excluding hydrogens is 226 g/mol. The summed E-state index contributed by atoms with van der Waals surface area (Å²) < 4.78 is 5.25. The van der Waals surface area contributed by atoms with Crippen LogP contribution in [0.25, 0.3) is 0 Å². The fraction of sp³-hybridized carbons (Fsp3) is 0.500. The maximum absolute atomic E-state index is 5.76. The van der Waals surface area contributed by atoms with Crippen molar-refractivity contribution >= 4 is 5.84 Å². The molecule has 1 aromatic carbocycles. The number of nitrogens with two attached hydrogens (primary N) is 1. The summed E-state index contributed by atoms with van der Waals surface area (Å²) in [4.78, 5) is 6.55. The monoisotopic (exact) mass is 249 g/mol. The first-order valence-electron chi connectivity index (χ1n) is 6.17. The molecule has 100 valence electrons. The van der Waals surface area contributed by atoms with Crippen LogP contribution in [0.15, 0.2) is 29.3 Å². The Kier molecular flexibility index (Phi) is 5.65. The second kappa shape index (κ2) is 7.01. The third-order valence-corrected chi connectivity index (χ3v) is 2.93. The van der Waals surface area contributed by atoms with E-state index in [2.05, 4.69) is 16.0 Å². The molecule has 0 amide bonds. The normalized spacial score (nSPS) is 13.7. The van der Waals surface area contributed by atoms with Gasteiger partial charge < -0.3 is 15.4 Å². The van der Waals surface area contributed by atoms with Crippen LogP contribution in [-0.2, 0) is 0 Å². The van der Waals surface area contributed by atoms with Crippen molar-refractivity contribution in [3.05, 3.63) is 29.8 Å². The highest BCUT2D eigenvalue weighted by Crippen LogP contribution is 2.22. The number of aliphatic imine (C=N–C) groups is 1. The molecular formula is C14H23N3O. The van der Waals surface area contributed by atoms with Crippen molar-refractivity contribution in [2.75, 3.05) is 27.7 Å². The minimum Gasteiger partial charge on any atom is -0.497 e. The van der Waals surface area contributed by atoms with Crippen molar-refractivity contribution in [3.8, 4) is 5.75 Å². The van der Waals surface area contributed by atoms with E-state index in [1.165, 1.54) is 5.56 Å². The van der Waals surface area contributed by atoms with Gasteiger partial charge in [0, 0.05) is 6.42 Å². The van der Waals surface area contributed by atoms with Crippen molar-refractivity contribution in [3.63, 3.8) is 0 Å². The third-order valence-electron chi connectivity index (χ3n) is 2.93. The molecule has 0 bridgehead atoms. The summed E-state index contributed by atoms with van der Waals surface area (Å²) in [5.74, 6) is 1.57. The van der Waals surface area contributed by atoms with Gasteiger partial charge in [0.1, 0.15) is 5.75 Å². The van der Waals surface area contributed by atoms with Crippen LogP contribution in [0, 0.1) is 0 Å². The lowest BCUT2D eigenvalue weighted by atomic mass is 10.1. The molecule has 1 rings (SSSR count). The molecule has 0 aliphatic carbocycles. The second-order valence-corrected chi connectivity index (χ2v) is 4.44. The number of likely N-dealkylation sites (N-methyl/N-ethyl adjacent to an activating group) is 1. The summed E-state index contributed by atoms with van der Waals surface area (Å²) in [5, 5.41) is 0. The number of methoxy groups -OCH3 is 1. The molecule has 0 saturated carbocycles. The van der Waals surface area contributed by atoms with Crippen LogP contribution >= 0.6 is 0 Å². The highest BCUT2D eigenvalue weighted by Gasteiger charge is 2.14. The Labute approximate surface area is 109 Å². The van der Waals surface area contributed by atoms with Gasteiger partial charge in [0.15, 0.2) is 0 Å². The predicted octanol–water partition coefficient (Wildman–Crippen LogP) is 2.07. The van der Waals surface area contributed by atoms with E-state index in [4.69, 9.17) is 10.5 Å². The molecule has 0 saturated heterocycles. The number of rotatable bonds is 6. The van der Waals surface area contributed by atoms with Crippen LogP contribution in [0.2, 0.25) is 0 Å². The van der Waals surface area contributed by atoms with Gasteiger partial charge >= 0.3 is 0 Å². The Hall–Kier alpha value is -1.55. The van der Waals surface area contributed by atoms with Gasteiger partial charge in [-0.05, 0) is 31.8 Å². The predicted molar refractivity (Wildman–Crippen MR) is 76.2 cm³/mol. The molecule has 18 heavy (non-hydrogen) atoms. The second-order valence-electron chi connectivity index (χ2n) is 4.44. The molecule has 0 aliphatic rings. The molecule has 1 unspecified atom stereocenters. The molecule has 0 spiro atoms. The summed E-state index contributed by atoms with van der Waals surface area (Å²) >= 11 is 0. The molecule has 4 heteroatoms. The smallest absolute Gasteiger partial charge is 0.119 e. The molecule has 0 radical (unpaired) electrons. The fourth-order valence-corrected chi connectivity index (χ4v) is 1.73. The van der Waals surface area contributed by atoms with Gasteiger partial charge in [-0.2, -0.15) is 0 Å². The lowest BCUT2D eigenvalue weighted by Gasteiger charge is -2.23. The van der Waals surface area contributed by atoms with E-state index in [-0.39, 0.29) is 6.04 Å². The van der Waals surface area contributed by atoms with Crippen molar-refractivity contribution < 1.29 is 4.74 Å². The maximum atomic E-state index is 5.76. The summed E-state index contributed by atoms with van der Waals surface area (Å²) in [6.45, 7) is 2.68. The summed E-state index contributed by atoms with van der Waals surface area (Å²) in [7, 11) is 5.76. The van der Waals surface area contributed by atoms with Crippen LogP contribution in [0.5, 0.6) is 5.75 Å². The van der Waals surface area contributed by atoms with Gasteiger partial charge in [-0.1, -0.05) is 19.1 Å². The highest BCUT2D eigenvalue weighted by atomic mass is 16.5. The van der Waals surface area contributed by atoms with Gasteiger partial charge in [-0.3, -0.25) is 4.99 Å². The zero-order valence-electron chi connectivity index (χ0n) is 11.7. The van der Waals surface area contributed by atoms with E-state index in [0.29, 0.717) is 12.4 Å². The number of benzene rings is 1. The Morgan fingerprint density at radius 3 is 2.72 bits per heavy atom. The van der Waals surface area contributed by atoms with Gasteiger partial charge in [-0.25, -0.2) is 0 Å². The average Bonchev–Trinajstić information content (AvgIpc) is 2.38. The summed E-state index contributed by atoms with van der Waals surface area (Å²) in [6.07, 6.45) is 0.790. The number of amidine groups is 1. The summed E-state index contributed by atoms with van der Waals surface area (Å²) in [6, 6.07) is 8.29. The topological polar surface area (TPSA) is 50.9 Å². The molecule has 1 aromatic rings. The molecule has 0 aromatic heterocycles. The van der Waals surface area contributed by atoms with Crippen molar-refractivity contribution in [1.29, 1.82) is 0 Å². The minimum absolute atomic E-state index is 0.213. The average molecular weight is 249 g/mol. The van der Waals surface area contributed by atoms with E-state index in [1.54, 1.807) is 7.11 Å². The van der Waals surface area contributed by atoms with E-state index in [1.807, 2.05) is 39.2 Å². The molecule has 2 N–H and O–H groups in total. The number of hydrogen-bond donors (Lipinski definition) is 1. The first kappa shape index (κ1) is 14.5. The van der Waals surface area contributed by atoms with Crippen LogP contribution < -0.4 is 10.5 Å². The zero-order chi connectivity index (χ0) is 13.5. The fourth-order valence-electron chi connectivity index (χ4n) is 1.73. The largest absolute Gasteiger partial charge is 0.497 e.